The van der Waals surface area contributed by atoms with Crippen molar-refractivity contribution in [2.75, 3.05) is 0 Å². The molecule has 0 aliphatic heterocycles. The second-order valence-corrected chi connectivity index (χ2v) is 4.72. The predicted octanol–water partition coefficient (Wildman–Crippen LogP) is 4.61. The second-order valence-electron chi connectivity index (χ2n) is 4.72. The van der Waals surface area contributed by atoms with E-state index in [2.05, 4.69) is 0 Å². The van der Waals surface area contributed by atoms with Crippen molar-refractivity contribution >= 4 is 16.8 Å². The van der Waals surface area contributed by atoms with Gasteiger partial charge < -0.3 is 4.42 Å². The molecule has 3 rings (SSSR count). The molecule has 3 aromatic rings. The molecule has 0 radical (unpaired) electrons. The second kappa shape index (κ2) is 4.39. The molecule has 19 heavy (non-hydrogen) atoms. The molecule has 2 nitrogen and oxygen atoms in total. The molecule has 0 aliphatic rings. The number of aryl methyl sites for hydroxylation is 1. The number of rotatable bonds is 2. The minimum Gasteiger partial charge on any atom is -0.455 e. The third-order valence-corrected chi connectivity index (χ3v) is 3.26. The van der Waals surface area contributed by atoms with Gasteiger partial charge in [0.1, 0.15) is 11.3 Å². The summed E-state index contributed by atoms with van der Waals surface area (Å²) < 4.78 is 5.87. The Morgan fingerprint density at radius 2 is 1.68 bits per heavy atom. The number of carbonyl (C=O) groups is 1. The van der Waals surface area contributed by atoms with E-state index in [-0.39, 0.29) is 5.78 Å². The van der Waals surface area contributed by atoms with E-state index in [9.17, 15) is 4.79 Å². The molecule has 0 atom stereocenters. The molecule has 0 unspecified atom stereocenters. The molecule has 0 N–H and O–H groups in total. The molecular weight excluding hydrogens is 236 g/mol. The van der Waals surface area contributed by atoms with Crippen LogP contribution in [0.2, 0.25) is 0 Å². The summed E-state index contributed by atoms with van der Waals surface area (Å²) in [6.07, 6.45) is 0. The molecule has 0 amide bonds. The third-order valence-electron chi connectivity index (χ3n) is 3.26. The first kappa shape index (κ1) is 11.7. The summed E-state index contributed by atoms with van der Waals surface area (Å²) in [4.78, 5) is 11.9. The first-order chi connectivity index (χ1) is 9.16. The number of Topliss-reactive ketones (excluding diaryl/α,β-unsaturated/α-hetero) is 1. The standard InChI is InChI=1S/C17H14O2/c1-11-7-9-13(10-8-11)17-16(12(2)18)14-5-3-4-6-15(14)19-17/h3-10H,1-2H3. The van der Waals surface area contributed by atoms with Gasteiger partial charge in [-0.05, 0) is 19.9 Å². The number of benzene rings is 2. The maximum atomic E-state index is 11.9. The van der Waals surface area contributed by atoms with E-state index in [4.69, 9.17) is 4.42 Å². The highest BCUT2D eigenvalue weighted by Gasteiger charge is 2.18. The van der Waals surface area contributed by atoms with Crippen LogP contribution in [0.5, 0.6) is 0 Å². The molecule has 0 saturated heterocycles. The van der Waals surface area contributed by atoms with Gasteiger partial charge in [-0.3, -0.25) is 4.79 Å². The zero-order valence-corrected chi connectivity index (χ0v) is 10.9. The van der Waals surface area contributed by atoms with Crippen molar-refractivity contribution < 1.29 is 9.21 Å². The Kier molecular flexibility index (Phi) is 2.71. The fourth-order valence-electron chi connectivity index (χ4n) is 2.30. The fraction of sp³-hybridized carbons (Fsp3) is 0.118. The fourth-order valence-corrected chi connectivity index (χ4v) is 2.30. The summed E-state index contributed by atoms with van der Waals surface area (Å²) in [5.41, 5.74) is 3.54. The Bertz CT molecular complexity index is 749. The Hall–Kier alpha value is -2.35. The van der Waals surface area contributed by atoms with Gasteiger partial charge in [-0.25, -0.2) is 0 Å². The number of ketones is 1. The lowest BCUT2D eigenvalue weighted by Gasteiger charge is -2.00. The van der Waals surface area contributed by atoms with Gasteiger partial charge in [0.15, 0.2) is 5.78 Å². The Labute approximate surface area is 111 Å². The maximum absolute atomic E-state index is 11.9. The number of para-hydroxylation sites is 1. The van der Waals surface area contributed by atoms with Gasteiger partial charge in [-0.15, -0.1) is 0 Å². The monoisotopic (exact) mass is 250 g/mol. The van der Waals surface area contributed by atoms with Gasteiger partial charge in [-0.1, -0.05) is 48.0 Å². The van der Waals surface area contributed by atoms with Crippen molar-refractivity contribution in [1.82, 2.24) is 0 Å². The number of furan rings is 1. The van der Waals surface area contributed by atoms with Crippen LogP contribution in [0.3, 0.4) is 0 Å². The molecule has 94 valence electrons. The zero-order chi connectivity index (χ0) is 13.4. The van der Waals surface area contributed by atoms with Crippen molar-refractivity contribution in [3.05, 3.63) is 59.7 Å². The van der Waals surface area contributed by atoms with Crippen LogP contribution in [-0.2, 0) is 0 Å². The van der Waals surface area contributed by atoms with Crippen LogP contribution < -0.4 is 0 Å². The maximum Gasteiger partial charge on any atom is 0.164 e. The van der Waals surface area contributed by atoms with Crippen LogP contribution in [0.4, 0.5) is 0 Å². The van der Waals surface area contributed by atoms with E-state index < -0.39 is 0 Å². The highest BCUT2D eigenvalue weighted by molar-refractivity contribution is 6.11. The SMILES string of the molecule is CC(=O)c1c(-c2ccc(C)cc2)oc2ccccc12. The molecular formula is C17H14O2. The number of fused-ring (bicyclic) bond motifs is 1. The van der Waals surface area contributed by atoms with Crippen LogP contribution >= 0.6 is 0 Å². The first-order valence-corrected chi connectivity index (χ1v) is 6.26. The molecule has 0 aliphatic carbocycles. The molecule has 0 bridgehead atoms. The summed E-state index contributed by atoms with van der Waals surface area (Å²) >= 11 is 0. The summed E-state index contributed by atoms with van der Waals surface area (Å²) in [5.74, 6) is 0.689. The molecule has 2 heteroatoms. The highest BCUT2D eigenvalue weighted by atomic mass is 16.3. The third kappa shape index (κ3) is 1.95. The lowest BCUT2D eigenvalue weighted by atomic mass is 10.0. The Balaban J connectivity index is 2.31. The largest absolute Gasteiger partial charge is 0.455 e. The lowest BCUT2D eigenvalue weighted by Crippen LogP contribution is -1.93. The minimum absolute atomic E-state index is 0.0283. The quantitative estimate of drug-likeness (QED) is 0.622. The van der Waals surface area contributed by atoms with Gasteiger partial charge >= 0.3 is 0 Å². The van der Waals surface area contributed by atoms with Gasteiger partial charge in [0, 0.05) is 10.9 Å². The van der Waals surface area contributed by atoms with Crippen molar-refractivity contribution in [2.45, 2.75) is 13.8 Å². The van der Waals surface area contributed by atoms with Gasteiger partial charge in [-0.2, -0.15) is 0 Å². The van der Waals surface area contributed by atoms with E-state index in [1.54, 1.807) is 6.92 Å². The van der Waals surface area contributed by atoms with E-state index in [0.29, 0.717) is 11.3 Å². The normalized spacial score (nSPS) is 10.8. The predicted molar refractivity (Wildman–Crippen MR) is 76.4 cm³/mol. The van der Waals surface area contributed by atoms with Gasteiger partial charge in [0.25, 0.3) is 0 Å². The zero-order valence-electron chi connectivity index (χ0n) is 10.9. The van der Waals surface area contributed by atoms with E-state index in [1.807, 2.05) is 55.5 Å². The first-order valence-electron chi connectivity index (χ1n) is 6.26. The molecule has 1 aromatic heterocycles. The Morgan fingerprint density at radius 1 is 1.00 bits per heavy atom. The molecule has 0 fully saturated rings. The number of hydrogen-bond donors (Lipinski definition) is 0. The number of carbonyl (C=O) groups excluding carboxylic acids is 1. The Morgan fingerprint density at radius 3 is 2.37 bits per heavy atom. The van der Waals surface area contributed by atoms with Crippen molar-refractivity contribution in [3.8, 4) is 11.3 Å². The van der Waals surface area contributed by atoms with Crippen LogP contribution in [0.15, 0.2) is 52.9 Å². The summed E-state index contributed by atoms with van der Waals surface area (Å²) in [5, 5.41) is 0.880. The van der Waals surface area contributed by atoms with Gasteiger partial charge in [0.05, 0.1) is 5.56 Å². The van der Waals surface area contributed by atoms with Crippen LogP contribution in [0.25, 0.3) is 22.3 Å². The number of hydrogen-bond acceptors (Lipinski definition) is 2. The van der Waals surface area contributed by atoms with E-state index in [0.717, 1.165) is 16.5 Å². The van der Waals surface area contributed by atoms with E-state index >= 15 is 0 Å². The van der Waals surface area contributed by atoms with Crippen molar-refractivity contribution in [1.29, 1.82) is 0 Å². The summed E-state index contributed by atoms with van der Waals surface area (Å²) in [6, 6.07) is 15.7. The minimum atomic E-state index is 0.0283. The van der Waals surface area contributed by atoms with Crippen LogP contribution in [0.1, 0.15) is 22.8 Å². The smallest absolute Gasteiger partial charge is 0.164 e. The summed E-state index contributed by atoms with van der Waals surface area (Å²) in [6.45, 7) is 3.61. The lowest BCUT2D eigenvalue weighted by molar-refractivity contribution is 0.101. The molecule has 0 saturated carbocycles. The average Bonchev–Trinajstić information content (AvgIpc) is 2.78. The van der Waals surface area contributed by atoms with Gasteiger partial charge in [0.2, 0.25) is 0 Å². The van der Waals surface area contributed by atoms with E-state index in [1.165, 1.54) is 5.56 Å². The van der Waals surface area contributed by atoms with Crippen molar-refractivity contribution in [2.24, 2.45) is 0 Å². The molecule has 2 aromatic carbocycles. The van der Waals surface area contributed by atoms with Crippen LogP contribution in [0, 0.1) is 6.92 Å². The van der Waals surface area contributed by atoms with Crippen molar-refractivity contribution in [3.63, 3.8) is 0 Å². The topological polar surface area (TPSA) is 30.2 Å². The molecule has 1 heterocycles. The highest BCUT2D eigenvalue weighted by Crippen LogP contribution is 2.33. The average molecular weight is 250 g/mol. The van der Waals surface area contributed by atoms with Crippen LogP contribution in [-0.4, -0.2) is 5.78 Å². The summed E-state index contributed by atoms with van der Waals surface area (Å²) in [7, 11) is 0. The molecule has 0 spiro atoms.